The summed E-state index contributed by atoms with van der Waals surface area (Å²) in [6.07, 6.45) is 0.596. The largest absolute Gasteiger partial charge is 0.465 e. The Kier molecular flexibility index (Phi) is 6.04. The molecule has 0 spiro atoms. The molecule has 1 unspecified atom stereocenters. The third-order valence-corrected chi connectivity index (χ3v) is 2.84. The average molecular weight is 300 g/mol. The number of benzene rings is 1. The third-order valence-electron chi connectivity index (χ3n) is 2.84. The third kappa shape index (κ3) is 4.38. The number of nitrogens with one attached hydrogen (secondary N) is 1. The Hall–Kier alpha value is -2.22. The quantitative estimate of drug-likeness (QED) is 0.472. The van der Waals surface area contributed by atoms with Gasteiger partial charge < -0.3 is 14.8 Å². The molecule has 0 radical (unpaired) electrons. The first-order valence-electron chi connectivity index (χ1n) is 6.22. The molecule has 0 aliphatic rings. The average Bonchev–Trinajstić information content (AvgIpc) is 2.45. The summed E-state index contributed by atoms with van der Waals surface area (Å²) in [6.45, 7) is 2.26. The zero-order valence-electron chi connectivity index (χ0n) is 12.0. The summed E-state index contributed by atoms with van der Waals surface area (Å²) in [4.78, 5) is 21.7. The summed E-state index contributed by atoms with van der Waals surface area (Å²) in [5.41, 5.74) is -0.737. The van der Waals surface area contributed by atoms with Crippen molar-refractivity contribution >= 4 is 17.3 Å². The van der Waals surface area contributed by atoms with Crippen LogP contribution in [0.25, 0.3) is 0 Å². The zero-order chi connectivity index (χ0) is 16.0. The molecule has 0 aliphatic heterocycles. The Balaban J connectivity index is 3.14. The van der Waals surface area contributed by atoms with Crippen molar-refractivity contribution in [3.05, 3.63) is 33.6 Å². The first-order valence-corrected chi connectivity index (χ1v) is 6.22. The zero-order valence-corrected chi connectivity index (χ0v) is 12.0. The van der Waals surface area contributed by atoms with Crippen LogP contribution in [0, 0.1) is 15.9 Å². The van der Waals surface area contributed by atoms with E-state index in [1.165, 1.54) is 0 Å². The van der Waals surface area contributed by atoms with Crippen molar-refractivity contribution in [3.8, 4) is 0 Å². The number of hydrogen-bond acceptors (Lipinski definition) is 6. The van der Waals surface area contributed by atoms with E-state index < -0.39 is 22.4 Å². The first kappa shape index (κ1) is 16.8. The second kappa shape index (κ2) is 7.53. The first-order chi connectivity index (χ1) is 9.90. The van der Waals surface area contributed by atoms with Crippen LogP contribution in [0.1, 0.15) is 23.7 Å². The van der Waals surface area contributed by atoms with Crippen molar-refractivity contribution in [2.45, 2.75) is 19.4 Å². The predicted octanol–water partition coefficient (Wildman–Crippen LogP) is 2.36. The monoisotopic (exact) mass is 300 g/mol. The van der Waals surface area contributed by atoms with Gasteiger partial charge in [0.2, 0.25) is 0 Å². The maximum Gasteiger partial charge on any atom is 0.340 e. The molecule has 1 aromatic rings. The van der Waals surface area contributed by atoms with Gasteiger partial charge >= 0.3 is 5.97 Å². The number of anilines is 1. The van der Waals surface area contributed by atoms with Gasteiger partial charge in [0.1, 0.15) is 11.5 Å². The van der Waals surface area contributed by atoms with Gasteiger partial charge in [-0.2, -0.15) is 0 Å². The molecule has 1 atom stereocenters. The molecule has 116 valence electrons. The van der Waals surface area contributed by atoms with Gasteiger partial charge in [-0.25, -0.2) is 9.18 Å². The van der Waals surface area contributed by atoms with Crippen molar-refractivity contribution in [3.63, 3.8) is 0 Å². The second-order valence-electron chi connectivity index (χ2n) is 4.42. The van der Waals surface area contributed by atoms with Crippen LogP contribution in [-0.4, -0.2) is 37.8 Å². The molecule has 1 rings (SSSR count). The SMILES string of the molecule is COCCC(C)Nc1cc(C(=O)OC)c(F)cc1[N+](=O)[O-]. The maximum absolute atomic E-state index is 13.7. The van der Waals surface area contributed by atoms with E-state index in [-0.39, 0.29) is 17.3 Å². The van der Waals surface area contributed by atoms with Crippen molar-refractivity contribution < 1.29 is 23.6 Å². The maximum atomic E-state index is 13.7. The minimum Gasteiger partial charge on any atom is -0.465 e. The molecule has 1 N–H and O–H groups in total. The number of carbonyl (C=O) groups excluding carboxylic acids is 1. The Morgan fingerprint density at radius 1 is 1.48 bits per heavy atom. The Morgan fingerprint density at radius 3 is 2.67 bits per heavy atom. The molecule has 0 bridgehead atoms. The summed E-state index contributed by atoms with van der Waals surface area (Å²) < 4.78 is 23.1. The molecule has 0 saturated carbocycles. The van der Waals surface area contributed by atoms with Crippen LogP contribution in [0.3, 0.4) is 0 Å². The minimum atomic E-state index is -0.997. The van der Waals surface area contributed by atoms with Crippen molar-refractivity contribution in [2.24, 2.45) is 0 Å². The fraction of sp³-hybridized carbons (Fsp3) is 0.462. The van der Waals surface area contributed by atoms with Crippen LogP contribution >= 0.6 is 0 Å². The van der Waals surface area contributed by atoms with E-state index in [1.54, 1.807) is 14.0 Å². The lowest BCUT2D eigenvalue weighted by Gasteiger charge is -2.15. The van der Waals surface area contributed by atoms with E-state index in [1.807, 2.05) is 0 Å². The fourth-order valence-electron chi connectivity index (χ4n) is 1.73. The predicted molar refractivity (Wildman–Crippen MR) is 74.0 cm³/mol. The highest BCUT2D eigenvalue weighted by Gasteiger charge is 2.23. The number of halogens is 1. The molecule has 0 aliphatic carbocycles. The molecule has 8 heteroatoms. The Bertz CT molecular complexity index is 536. The van der Waals surface area contributed by atoms with Crippen LogP contribution in [0.5, 0.6) is 0 Å². The lowest BCUT2D eigenvalue weighted by atomic mass is 10.1. The number of nitrogens with zero attached hydrogens (tertiary/aromatic N) is 1. The van der Waals surface area contributed by atoms with Gasteiger partial charge in [-0.15, -0.1) is 0 Å². The normalized spacial score (nSPS) is 11.8. The smallest absolute Gasteiger partial charge is 0.340 e. The van der Waals surface area contributed by atoms with E-state index in [0.717, 1.165) is 13.2 Å². The highest BCUT2D eigenvalue weighted by molar-refractivity contribution is 5.92. The Labute approximate surface area is 121 Å². The molecule has 0 heterocycles. The number of nitro benzene ring substituents is 1. The number of esters is 1. The summed E-state index contributed by atoms with van der Waals surface area (Å²) >= 11 is 0. The number of methoxy groups -OCH3 is 2. The molecule has 0 saturated heterocycles. The van der Waals surface area contributed by atoms with Gasteiger partial charge in [0, 0.05) is 19.8 Å². The number of ether oxygens (including phenoxy) is 2. The molecular formula is C13H17FN2O5. The van der Waals surface area contributed by atoms with Gasteiger partial charge in [-0.3, -0.25) is 10.1 Å². The molecular weight excluding hydrogens is 283 g/mol. The Morgan fingerprint density at radius 2 is 2.14 bits per heavy atom. The lowest BCUT2D eigenvalue weighted by molar-refractivity contribution is -0.384. The summed E-state index contributed by atoms with van der Waals surface area (Å²) in [7, 11) is 2.65. The number of hydrogen-bond donors (Lipinski definition) is 1. The van der Waals surface area contributed by atoms with Crippen LogP contribution in [0.4, 0.5) is 15.8 Å². The van der Waals surface area contributed by atoms with E-state index in [4.69, 9.17) is 4.74 Å². The van der Waals surface area contributed by atoms with E-state index in [0.29, 0.717) is 19.1 Å². The van der Waals surface area contributed by atoms with Crippen molar-refractivity contribution in [2.75, 3.05) is 26.1 Å². The molecule has 21 heavy (non-hydrogen) atoms. The second-order valence-corrected chi connectivity index (χ2v) is 4.42. The van der Waals surface area contributed by atoms with Gasteiger partial charge in [-0.05, 0) is 19.4 Å². The molecule has 1 aromatic carbocycles. The van der Waals surface area contributed by atoms with Gasteiger partial charge in [-0.1, -0.05) is 0 Å². The van der Waals surface area contributed by atoms with Crippen LogP contribution < -0.4 is 5.32 Å². The van der Waals surface area contributed by atoms with Crippen LogP contribution in [0.15, 0.2) is 12.1 Å². The summed E-state index contributed by atoms with van der Waals surface area (Å²) in [6, 6.07) is 1.64. The highest BCUT2D eigenvalue weighted by Crippen LogP contribution is 2.29. The minimum absolute atomic E-state index is 0.0606. The number of carbonyl (C=O) groups is 1. The van der Waals surface area contributed by atoms with E-state index >= 15 is 0 Å². The van der Waals surface area contributed by atoms with Crippen LogP contribution in [0.2, 0.25) is 0 Å². The number of rotatable bonds is 7. The van der Waals surface area contributed by atoms with Gasteiger partial charge in [0.05, 0.1) is 23.7 Å². The van der Waals surface area contributed by atoms with Gasteiger partial charge in [0.15, 0.2) is 0 Å². The lowest BCUT2D eigenvalue weighted by Crippen LogP contribution is -2.19. The molecule has 0 aromatic heterocycles. The van der Waals surface area contributed by atoms with E-state index in [2.05, 4.69) is 10.1 Å². The molecule has 7 nitrogen and oxygen atoms in total. The van der Waals surface area contributed by atoms with Crippen LogP contribution in [-0.2, 0) is 9.47 Å². The summed E-state index contributed by atoms with van der Waals surface area (Å²) in [5.74, 6) is -1.89. The summed E-state index contributed by atoms with van der Waals surface area (Å²) in [5, 5.41) is 13.9. The fourth-order valence-corrected chi connectivity index (χ4v) is 1.73. The van der Waals surface area contributed by atoms with Crippen molar-refractivity contribution in [1.82, 2.24) is 0 Å². The highest BCUT2D eigenvalue weighted by atomic mass is 19.1. The van der Waals surface area contributed by atoms with Gasteiger partial charge in [0.25, 0.3) is 5.69 Å². The van der Waals surface area contributed by atoms with E-state index in [9.17, 15) is 19.3 Å². The molecule has 0 amide bonds. The topological polar surface area (TPSA) is 90.7 Å². The standard InChI is InChI=1S/C13H17FN2O5/c1-8(4-5-20-2)15-11-6-9(13(17)21-3)10(14)7-12(11)16(18)19/h6-8,15H,4-5H2,1-3H3. The van der Waals surface area contributed by atoms with Crippen molar-refractivity contribution in [1.29, 1.82) is 0 Å². The molecule has 0 fully saturated rings. The number of nitro groups is 1.